The Hall–Kier alpha value is -5.63. The fraction of sp³-hybridized carbons (Fsp3) is 0.125. The quantitative estimate of drug-likeness (QED) is 0.153. The number of fused-ring (bicyclic) bond motifs is 1. The maximum atomic E-state index is 15.4. The largest absolute Gasteiger partial charge is 0.282 e. The Balaban J connectivity index is 1.40. The van der Waals surface area contributed by atoms with E-state index in [2.05, 4.69) is 167 Å². The Morgan fingerprint density at radius 3 is 1.67 bits per heavy atom. The molecule has 0 bridgehead atoms. The Morgan fingerprint density at radius 1 is 0.538 bits per heavy atom. The van der Waals surface area contributed by atoms with E-state index in [-0.39, 0.29) is 18.0 Å². The van der Waals surface area contributed by atoms with E-state index in [0.29, 0.717) is 11.4 Å². The van der Waals surface area contributed by atoms with Crippen LogP contribution < -0.4 is 15.9 Å². The van der Waals surface area contributed by atoms with Gasteiger partial charge in [0, 0.05) is 11.1 Å². The third-order valence-corrected chi connectivity index (χ3v) is 12.4. The van der Waals surface area contributed by atoms with Gasteiger partial charge in [-0.1, -0.05) is 174 Å². The molecule has 7 aromatic rings. The van der Waals surface area contributed by atoms with Crippen molar-refractivity contribution < 1.29 is 4.79 Å². The fourth-order valence-corrected chi connectivity index (χ4v) is 10.3. The predicted octanol–water partition coefficient (Wildman–Crippen LogP) is 10.2. The van der Waals surface area contributed by atoms with Crippen molar-refractivity contribution in [3.8, 4) is 0 Å². The highest BCUT2D eigenvalue weighted by Gasteiger charge is 2.44. The first-order valence-corrected chi connectivity index (χ1v) is 19.2. The van der Waals surface area contributed by atoms with Crippen molar-refractivity contribution in [1.29, 1.82) is 0 Å². The lowest BCUT2D eigenvalue weighted by molar-refractivity contribution is 0.0805. The number of aliphatic imine (C=N–C) groups is 1. The van der Waals surface area contributed by atoms with Crippen LogP contribution >= 0.6 is 7.92 Å². The zero-order valence-electron chi connectivity index (χ0n) is 30.0. The molecule has 52 heavy (non-hydrogen) atoms. The van der Waals surface area contributed by atoms with E-state index in [4.69, 9.17) is 4.99 Å². The summed E-state index contributed by atoms with van der Waals surface area (Å²) in [5, 5.41) is 5.81. The van der Waals surface area contributed by atoms with Gasteiger partial charge in [-0.15, -0.1) is 0 Å². The summed E-state index contributed by atoms with van der Waals surface area (Å²) in [7, 11) is -0.975. The van der Waals surface area contributed by atoms with Crippen LogP contribution in [0.5, 0.6) is 0 Å². The molecule has 0 aliphatic carbocycles. The smallest absolute Gasteiger partial charge is 0.260 e. The van der Waals surface area contributed by atoms with Gasteiger partial charge in [-0.25, -0.2) is 0 Å². The average molecular weight is 693 g/mol. The van der Waals surface area contributed by atoms with Gasteiger partial charge in [0.25, 0.3) is 5.91 Å². The van der Waals surface area contributed by atoms with Crippen LogP contribution in [-0.2, 0) is 0 Å². The highest BCUT2D eigenvalue weighted by atomic mass is 31.1. The van der Waals surface area contributed by atoms with Crippen LogP contribution in [0, 0.1) is 27.7 Å². The summed E-state index contributed by atoms with van der Waals surface area (Å²) < 4.78 is 0. The number of hydrogen-bond donors (Lipinski definition) is 0. The van der Waals surface area contributed by atoms with Gasteiger partial charge in [0.05, 0.1) is 6.04 Å². The molecule has 254 valence electrons. The summed E-state index contributed by atoms with van der Waals surface area (Å²) in [5.74, 6) is 0.653. The predicted molar refractivity (Wildman–Crippen MR) is 219 cm³/mol. The van der Waals surface area contributed by atoms with Crippen LogP contribution in [0.15, 0.2) is 169 Å². The summed E-state index contributed by atoms with van der Waals surface area (Å²) in [6.45, 7) is 8.55. The molecule has 0 radical (unpaired) electrons. The van der Waals surface area contributed by atoms with Crippen LogP contribution in [0.2, 0.25) is 0 Å². The number of carbonyl (C=O) groups excluding carboxylic acids is 1. The van der Waals surface area contributed by atoms with E-state index in [9.17, 15) is 0 Å². The number of amides is 1. The minimum Gasteiger partial charge on any atom is -0.282 e. The van der Waals surface area contributed by atoms with Gasteiger partial charge in [0.2, 0.25) is 0 Å². The molecule has 0 fully saturated rings. The minimum absolute atomic E-state index is 0.0564. The maximum Gasteiger partial charge on any atom is 0.260 e. The van der Waals surface area contributed by atoms with Crippen molar-refractivity contribution in [2.45, 2.75) is 39.8 Å². The summed E-state index contributed by atoms with van der Waals surface area (Å²) >= 11 is 0. The minimum atomic E-state index is -0.975. The van der Waals surface area contributed by atoms with Crippen molar-refractivity contribution in [3.63, 3.8) is 0 Å². The number of amidine groups is 1. The zero-order chi connectivity index (χ0) is 35.8. The van der Waals surface area contributed by atoms with Gasteiger partial charge in [0.1, 0.15) is 11.9 Å². The van der Waals surface area contributed by atoms with Gasteiger partial charge in [-0.05, 0) is 85.6 Å². The Morgan fingerprint density at radius 2 is 1.06 bits per heavy atom. The first kappa shape index (κ1) is 33.5. The van der Waals surface area contributed by atoms with Crippen molar-refractivity contribution in [3.05, 3.63) is 208 Å². The SMILES string of the molecule is Cc1cc(C)cc(C2[C@H](c3cc(C)cc(C)c3)N=C(c3ccccc3P(c3ccccc3)c3ccccc3)N2C(=O)c2ccc3ccccc3c2)c1. The molecule has 4 heteroatoms. The van der Waals surface area contributed by atoms with E-state index in [1.54, 1.807) is 0 Å². The summed E-state index contributed by atoms with van der Waals surface area (Å²) in [5.41, 5.74) is 8.52. The van der Waals surface area contributed by atoms with E-state index in [0.717, 1.165) is 38.6 Å². The maximum absolute atomic E-state index is 15.4. The highest BCUT2D eigenvalue weighted by Crippen LogP contribution is 2.46. The molecule has 0 saturated heterocycles. The van der Waals surface area contributed by atoms with Gasteiger partial charge in [-0.3, -0.25) is 14.7 Å². The molecule has 1 heterocycles. The van der Waals surface area contributed by atoms with Crippen LogP contribution in [-0.4, -0.2) is 16.6 Å². The monoisotopic (exact) mass is 692 g/mol. The average Bonchev–Trinajstić information content (AvgIpc) is 3.56. The molecule has 8 rings (SSSR count). The number of carbonyl (C=O) groups is 1. The lowest BCUT2D eigenvalue weighted by Gasteiger charge is -2.31. The number of nitrogens with zero attached hydrogens (tertiary/aromatic N) is 2. The molecular weight excluding hydrogens is 652 g/mol. The van der Waals surface area contributed by atoms with Crippen molar-refractivity contribution in [1.82, 2.24) is 4.90 Å². The van der Waals surface area contributed by atoms with Crippen LogP contribution in [0.25, 0.3) is 10.8 Å². The van der Waals surface area contributed by atoms with Gasteiger partial charge in [-0.2, -0.15) is 0 Å². The summed E-state index contributed by atoms with van der Waals surface area (Å²) in [4.78, 5) is 23.1. The molecule has 0 saturated carbocycles. The summed E-state index contributed by atoms with van der Waals surface area (Å²) in [6.07, 6.45) is 0. The van der Waals surface area contributed by atoms with E-state index < -0.39 is 7.92 Å². The normalized spacial score (nSPS) is 15.6. The number of hydrogen-bond acceptors (Lipinski definition) is 2. The molecule has 1 aliphatic rings. The van der Waals surface area contributed by atoms with Gasteiger partial charge >= 0.3 is 0 Å². The Bertz CT molecular complexity index is 2370. The number of benzene rings is 7. The zero-order valence-corrected chi connectivity index (χ0v) is 30.9. The van der Waals surface area contributed by atoms with E-state index in [1.807, 2.05) is 29.2 Å². The van der Waals surface area contributed by atoms with Gasteiger partial charge in [0.15, 0.2) is 0 Å². The van der Waals surface area contributed by atoms with E-state index >= 15 is 4.79 Å². The molecule has 2 atom stereocenters. The summed E-state index contributed by atoms with van der Waals surface area (Å²) in [6, 6.07) is 57.1. The third-order valence-electron chi connectivity index (χ3n) is 9.87. The molecule has 1 amide bonds. The van der Waals surface area contributed by atoms with Crippen molar-refractivity contribution >= 4 is 46.4 Å². The number of rotatable bonds is 7. The third kappa shape index (κ3) is 6.49. The first-order valence-electron chi connectivity index (χ1n) is 17.9. The molecule has 0 N–H and O–H groups in total. The molecule has 7 aromatic carbocycles. The standard InChI is InChI=1S/C48H41N2OP/c1-32-25-33(2)28-39(27-32)45-46(40-29-34(3)26-35(4)30-40)50(48(51)38-24-23-36-15-11-12-16-37(36)31-38)47(49-45)43-21-13-14-22-44(43)52(41-17-7-5-8-18-41)42-19-9-6-10-20-42/h5-31,45-46H,1-4H3/t45-,46?/m0/s1. The molecule has 0 spiro atoms. The fourth-order valence-electron chi connectivity index (χ4n) is 7.81. The Kier molecular flexibility index (Phi) is 9.14. The topological polar surface area (TPSA) is 32.7 Å². The number of aryl methyl sites for hydroxylation is 4. The van der Waals surface area contributed by atoms with Gasteiger partial charge < -0.3 is 0 Å². The second-order valence-corrected chi connectivity index (χ2v) is 16.1. The lowest BCUT2D eigenvalue weighted by Crippen LogP contribution is -2.40. The van der Waals surface area contributed by atoms with Crippen LogP contribution in [0.1, 0.15) is 61.4 Å². The van der Waals surface area contributed by atoms with Crippen LogP contribution in [0.4, 0.5) is 0 Å². The van der Waals surface area contributed by atoms with E-state index in [1.165, 1.54) is 27.0 Å². The van der Waals surface area contributed by atoms with Crippen LogP contribution in [0.3, 0.4) is 0 Å². The lowest BCUT2D eigenvalue weighted by atomic mass is 9.90. The molecular formula is C48H41N2OP. The first-order chi connectivity index (χ1) is 25.3. The van der Waals surface area contributed by atoms with Crippen molar-refractivity contribution in [2.75, 3.05) is 0 Å². The molecule has 3 nitrogen and oxygen atoms in total. The molecule has 1 unspecified atom stereocenters. The Labute approximate surface area is 308 Å². The van der Waals surface area contributed by atoms with Crippen molar-refractivity contribution in [2.24, 2.45) is 4.99 Å². The second-order valence-electron chi connectivity index (χ2n) is 13.9. The molecule has 0 aromatic heterocycles. The highest BCUT2D eigenvalue weighted by molar-refractivity contribution is 7.80. The second kappa shape index (κ2) is 14.2. The molecule has 1 aliphatic heterocycles.